The van der Waals surface area contributed by atoms with Crippen molar-refractivity contribution < 1.29 is 4.79 Å². The summed E-state index contributed by atoms with van der Waals surface area (Å²) in [4.78, 5) is 27.5. The molecule has 0 saturated heterocycles. The molecule has 0 radical (unpaired) electrons. The summed E-state index contributed by atoms with van der Waals surface area (Å²) in [6.45, 7) is 2.14. The number of nitrogens with zero attached hydrogens (tertiary/aromatic N) is 4. The molecule has 1 aromatic carbocycles. The second kappa shape index (κ2) is 8.78. The lowest BCUT2D eigenvalue weighted by Crippen LogP contribution is -2.27. The zero-order valence-electron chi connectivity index (χ0n) is 19.4. The minimum absolute atomic E-state index is 0.00513. The Balaban J connectivity index is 1.29. The minimum atomic E-state index is -0.00513. The number of imidazole rings is 1. The summed E-state index contributed by atoms with van der Waals surface area (Å²) in [5.74, 6) is 1.81. The predicted octanol–water partition coefficient (Wildman–Crippen LogP) is 5.81. The van der Waals surface area contributed by atoms with Crippen molar-refractivity contribution in [2.24, 2.45) is 5.92 Å². The third-order valence-electron chi connectivity index (χ3n) is 6.98. The maximum atomic E-state index is 12.8. The smallest absolute Gasteiger partial charge is 0.227 e. The van der Waals surface area contributed by atoms with Gasteiger partial charge in [-0.2, -0.15) is 0 Å². The van der Waals surface area contributed by atoms with Crippen LogP contribution in [0.5, 0.6) is 0 Å². The van der Waals surface area contributed by atoms with Gasteiger partial charge in [0.25, 0.3) is 0 Å². The molecule has 1 amide bonds. The number of nitrogens with two attached hydrogens (primary N) is 1. The van der Waals surface area contributed by atoms with Crippen LogP contribution in [0.1, 0.15) is 43.0 Å². The van der Waals surface area contributed by atoms with Crippen molar-refractivity contribution in [2.45, 2.75) is 38.5 Å². The molecule has 0 spiro atoms. The summed E-state index contributed by atoms with van der Waals surface area (Å²) in [7, 11) is 0. The van der Waals surface area contributed by atoms with E-state index in [1.54, 1.807) is 29.9 Å². The number of anilines is 2. The van der Waals surface area contributed by atoms with E-state index >= 15 is 0 Å². The fourth-order valence-electron chi connectivity index (χ4n) is 5.17. The first-order valence-corrected chi connectivity index (χ1v) is 12.7. The zero-order valence-corrected chi connectivity index (χ0v) is 20.3. The van der Waals surface area contributed by atoms with E-state index in [9.17, 15) is 4.79 Å². The molecular formula is C27H26N6OS. The minimum Gasteiger partial charge on any atom is -0.382 e. The quantitative estimate of drug-likeness (QED) is 0.337. The summed E-state index contributed by atoms with van der Waals surface area (Å²) in [6.07, 6.45) is 10.5. The topological polar surface area (TPSA) is 98.2 Å². The third kappa shape index (κ3) is 3.93. The lowest BCUT2D eigenvalue weighted by molar-refractivity contribution is -0.120. The van der Waals surface area contributed by atoms with E-state index in [4.69, 9.17) is 10.7 Å². The van der Waals surface area contributed by atoms with Crippen LogP contribution in [0, 0.1) is 12.8 Å². The molecule has 35 heavy (non-hydrogen) atoms. The van der Waals surface area contributed by atoms with E-state index < -0.39 is 0 Å². The van der Waals surface area contributed by atoms with Crippen LogP contribution in [0.15, 0.2) is 61.2 Å². The highest BCUT2D eigenvalue weighted by atomic mass is 32.1. The number of benzene rings is 1. The van der Waals surface area contributed by atoms with Crippen LogP contribution in [0.4, 0.5) is 11.5 Å². The molecule has 6 rings (SSSR count). The third-order valence-corrected chi connectivity index (χ3v) is 8.27. The van der Waals surface area contributed by atoms with Gasteiger partial charge in [0.2, 0.25) is 5.91 Å². The fourth-order valence-corrected chi connectivity index (χ4v) is 6.29. The van der Waals surface area contributed by atoms with Gasteiger partial charge in [-0.25, -0.2) is 9.97 Å². The number of amides is 1. The number of nitrogen functional groups attached to an aromatic ring is 1. The first-order chi connectivity index (χ1) is 17.1. The Morgan fingerprint density at radius 1 is 1.14 bits per heavy atom. The van der Waals surface area contributed by atoms with Gasteiger partial charge in [-0.05, 0) is 61.8 Å². The lowest BCUT2D eigenvalue weighted by Gasteiger charge is -2.27. The van der Waals surface area contributed by atoms with Crippen molar-refractivity contribution >= 4 is 44.4 Å². The molecule has 0 bridgehead atoms. The maximum Gasteiger partial charge on any atom is 0.227 e. The predicted molar refractivity (Wildman–Crippen MR) is 141 cm³/mol. The molecule has 0 unspecified atom stereocenters. The highest BCUT2D eigenvalue weighted by molar-refractivity contribution is 7.22. The van der Waals surface area contributed by atoms with Crippen molar-refractivity contribution in [3.05, 3.63) is 72.6 Å². The van der Waals surface area contributed by atoms with E-state index in [2.05, 4.69) is 50.9 Å². The Morgan fingerprint density at radius 2 is 2.00 bits per heavy atom. The van der Waals surface area contributed by atoms with Gasteiger partial charge in [-0.15, -0.1) is 11.3 Å². The molecule has 0 atom stereocenters. The summed E-state index contributed by atoms with van der Waals surface area (Å²) < 4.78 is 3.38. The van der Waals surface area contributed by atoms with Crippen molar-refractivity contribution in [3.63, 3.8) is 0 Å². The highest BCUT2D eigenvalue weighted by Crippen LogP contribution is 2.41. The number of nitrogens with one attached hydrogen (secondary N) is 1. The summed E-state index contributed by atoms with van der Waals surface area (Å²) in [5, 5.41) is 4.22. The monoisotopic (exact) mass is 482 g/mol. The van der Waals surface area contributed by atoms with E-state index in [1.165, 1.54) is 15.6 Å². The van der Waals surface area contributed by atoms with Gasteiger partial charge in [0, 0.05) is 35.1 Å². The first-order valence-electron chi connectivity index (χ1n) is 11.9. The Kier molecular flexibility index (Phi) is 5.45. The molecule has 0 aliphatic heterocycles. The summed E-state index contributed by atoms with van der Waals surface area (Å²) >= 11 is 1.75. The van der Waals surface area contributed by atoms with Crippen molar-refractivity contribution in [1.29, 1.82) is 0 Å². The highest BCUT2D eigenvalue weighted by Gasteiger charge is 2.31. The fraction of sp³-hybridized carbons (Fsp3) is 0.259. The Labute approximate surface area is 207 Å². The summed E-state index contributed by atoms with van der Waals surface area (Å²) in [5.41, 5.74) is 10.1. The van der Waals surface area contributed by atoms with Crippen LogP contribution in [0.2, 0.25) is 0 Å². The molecular weight excluding hydrogens is 456 g/mol. The van der Waals surface area contributed by atoms with Gasteiger partial charge >= 0.3 is 0 Å². The van der Waals surface area contributed by atoms with Crippen LogP contribution >= 0.6 is 11.3 Å². The number of carbonyl (C=O) groups is 1. The Hall–Kier alpha value is -3.78. The normalized spacial score (nSPS) is 18.2. The number of aromatic nitrogens is 4. The standard InChI is InChI=1S/C27H26N6OS/c1-16-4-2-5-19-14-21(35-24(16)19)22-23-25(28)30-12-13-33(23)26(32-22)17-7-9-18(10-8-17)27(34)31-20-6-3-11-29-15-20/h2-6,11-15,17-18H,7-10H2,1H3,(H2,28,30)(H,31,34). The molecule has 4 aromatic heterocycles. The maximum absolute atomic E-state index is 12.8. The average Bonchev–Trinajstić information content (AvgIpc) is 3.48. The average molecular weight is 483 g/mol. The van der Waals surface area contributed by atoms with E-state index in [0.717, 1.165) is 53.3 Å². The van der Waals surface area contributed by atoms with Gasteiger partial charge in [-0.1, -0.05) is 18.2 Å². The molecule has 1 saturated carbocycles. The van der Waals surface area contributed by atoms with E-state index in [-0.39, 0.29) is 17.7 Å². The van der Waals surface area contributed by atoms with Crippen LogP contribution in [0.25, 0.3) is 26.2 Å². The number of fused-ring (bicyclic) bond motifs is 2. The zero-order chi connectivity index (χ0) is 23.9. The number of hydrogen-bond acceptors (Lipinski definition) is 6. The number of carbonyl (C=O) groups excluding carboxylic acids is 1. The van der Waals surface area contributed by atoms with Gasteiger partial charge in [0.1, 0.15) is 22.9 Å². The van der Waals surface area contributed by atoms with Gasteiger partial charge < -0.3 is 11.1 Å². The van der Waals surface area contributed by atoms with E-state index in [1.807, 2.05) is 18.3 Å². The molecule has 7 nitrogen and oxygen atoms in total. The van der Waals surface area contributed by atoms with Gasteiger partial charge in [-0.3, -0.25) is 14.2 Å². The van der Waals surface area contributed by atoms with Crippen LogP contribution in [0.3, 0.4) is 0 Å². The van der Waals surface area contributed by atoms with E-state index in [0.29, 0.717) is 5.82 Å². The molecule has 8 heteroatoms. The number of rotatable bonds is 4. The molecule has 1 aliphatic carbocycles. The first kappa shape index (κ1) is 21.7. The number of hydrogen-bond donors (Lipinski definition) is 2. The molecule has 4 heterocycles. The van der Waals surface area contributed by atoms with Gasteiger partial charge in [0.05, 0.1) is 16.8 Å². The second-order valence-corrected chi connectivity index (χ2v) is 10.3. The number of pyridine rings is 1. The Bertz CT molecular complexity index is 1530. The second-order valence-electron chi connectivity index (χ2n) is 9.23. The van der Waals surface area contributed by atoms with Crippen molar-refractivity contribution in [2.75, 3.05) is 11.1 Å². The van der Waals surface area contributed by atoms with Crippen molar-refractivity contribution in [1.82, 2.24) is 19.4 Å². The SMILES string of the molecule is Cc1cccc2cc(-c3nc(C4CCC(C(=O)Nc5cccnc5)CC4)n4ccnc(N)c34)sc12. The summed E-state index contributed by atoms with van der Waals surface area (Å²) in [6, 6.07) is 12.3. The molecule has 3 N–H and O–H groups in total. The van der Waals surface area contributed by atoms with Crippen molar-refractivity contribution in [3.8, 4) is 10.6 Å². The molecule has 5 aromatic rings. The number of thiophene rings is 1. The van der Waals surface area contributed by atoms with Crippen LogP contribution < -0.4 is 11.1 Å². The molecule has 1 fully saturated rings. The van der Waals surface area contributed by atoms with Crippen LogP contribution in [-0.4, -0.2) is 25.3 Å². The molecule has 1 aliphatic rings. The lowest BCUT2D eigenvalue weighted by atomic mass is 9.81. The van der Waals surface area contributed by atoms with Crippen LogP contribution in [-0.2, 0) is 4.79 Å². The largest absolute Gasteiger partial charge is 0.382 e. The number of aryl methyl sites for hydroxylation is 1. The molecule has 176 valence electrons. The van der Waals surface area contributed by atoms with Gasteiger partial charge in [0.15, 0.2) is 0 Å². The Morgan fingerprint density at radius 3 is 2.77 bits per heavy atom.